The van der Waals surface area contributed by atoms with Gasteiger partial charge in [0, 0.05) is 47.6 Å². The molecule has 1 radical (unpaired) electrons. The van der Waals surface area contributed by atoms with Crippen molar-refractivity contribution in [2.45, 2.75) is 73.5 Å². The van der Waals surface area contributed by atoms with E-state index in [0.29, 0.717) is 5.71 Å². The van der Waals surface area contributed by atoms with Crippen molar-refractivity contribution in [1.29, 1.82) is 0 Å². The van der Waals surface area contributed by atoms with Crippen LogP contribution in [0.4, 0.5) is 0 Å². The number of aromatic nitrogens is 3. The van der Waals surface area contributed by atoms with Crippen molar-refractivity contribution in [3.8, 4) is 33.8 Å². The Morgan fingerprint density at radius 2 is 1.56 bits per heavy atom. The van der Waals surface area contributed by atoms with Crippen LogP contribution in [0.3, 0.4) is 0 Å². The largest absolute Gasteiger partial charge is 0.486 e. The molecule has 269 valence electrons. The van der Waals surface area contributed by atoms with Crippen LogP contribution in [0.25, 0.3) is 55.8 Å². The van der Waals surface area contributed by atoms with Gasteiger partial charge in [-0.15, -0.1) is 54.1 Å². The molecule has 3 aromatic carbocycles. The van der Waals surface area contributed by atoms with E-state index in [2.05, 4.69) is 61.7 Å². The van der Waals surface area contributed by atoms with Gasteiger partial charge >= 0.3 is 0 Å². The first-order valence-electron chi connectivity index (χ1n) is 19.1. The second-order valence-electron chi connectivity index (χ2n) is 15.4. The monoisotopic (exact) mass is 883 g/mol. The van der Waals surface area contributed by atoms with Crippen molar-refractivity contribution >= 4 is 35.3 Å². The summed E-state index contributed by atoms with van der Waals surface area (Å²) in [4.78, 5) is 13.9. The van der Waals surface area contributed by atoms with E-state index in [-0.39, 0.29) is 26.0 Å². The Labute approximate surface area is 328 Å². The minimum atomic E-state index is -1.70. The zero-order valence-electron chi connectivity index (χ0n) is 34.6. The summed E-state index contributed by atoms with van der Waals surface area (Å²) in [5, 5.41) is 3.05. The molecule has 0 bridgehead atoms. The number of pyridine rings is 3. The average Bonchev–Trinajstić information content (AvgIpc) is 3.53. The molecule has 1 unspecified atom stereocenters. The van der Waals surface area contributed by atoms with Gasteiger partial charge < -0.3 is 14.4 Å². The van der Waals surface area contributed by atoms with Crippen LogP contribution in [0, 0.1) is 23.5 Å². The fourth-order valence-electron chi connectivity index (χ4n) is 5.99. The van der Waals surface area contributed by atoms with Gasteiger partial charge in [-0.05, 0) is 58.4 Å². The van der Waals surface area contributed by atoms with Crippen molar-refractivity contribution in [2.24, 2.45) is 11.3 Å². The van der Waals surface area contributed by atoms with Crippen molar-refractivity contribution in [3.63, 3.8) is 0 Å². The van der Waals surface area contributed by atoms with Crippen molar-refractivity contribution in [3.05, 3.63) is 133 Å². The number of fused-ring (bicyclic) bond motifs is 3. The summed E-state index contributed by atoms with van der Waals surface area (Å²) >= 11 is 0. The Morgan fingerprint density at radius 3 is 2.23 bits per heavy atom. The summed E-state index contributed by atoms with van der Waals surface area (Å²) in [5.41, 5.74) is 7.70. The topological polar surface area (TPSA) is 51.8 Å². The van der Waals surface area contributed by atoms with Crippen LogP contribution < -0.4 is 5.19 Å². The molecular weight excluding hydrogens is 831 g/mol. The SMILES string of the molecule is [2H]C(C)(c1ccnc(-c2[c-]ccc3c2oc2nc(-c4ccccc4)ccc23)c1)C(C)C.[2H]C([2H])(c1cc(-c2[c-]cccc2)ncc1[Si](C)(C)C)C(C)(C)C.[Ir]. The second-order valence-corrected chi connectivity index (χ2v) is 20.4. The third kappa shape index (κ3) is 9.04. The Hall–Kier alpha value is -4.22. The van der Waals surface area contributed by atoms with Gasteiger partial charge in [-0.25, -0.2) is 4.98 Å². The number of benzene rings is 3. The van der Waals surface area contributed by atoms with Crippen molar-refractivity contribution in [1.82, 2.24) is 15.0 Å². The Morgan fingerprint density at radius 1 is 0.808 bits per heavy atom. The summed E-state index contributed by atoms with van der Waals surface area (Å²) in [5.74, 6) is -0.527. The normalized spacial score (nSPS) is 14.1. The van der Waals surface area contributed by atoms with Crippen LogP contribution in [0.15, 0.2) is 114 Å². The van der Waals surface area contributed by atoms with Crippen LogP contribution >= 0.6 is 0 Å². The average molecular weight is 883 g/mol. The third-order valence-electron chi connectivity index (χ3n) is 8.91. The maximum absolute atomic E-state index is 8.77. The molecule has 0 N–H and O–H groups in total. The molecule has 52 heavy (non-hydrogen) atoms. The summed E-state index contributed by atoms with van der Waals surface area (Å²) < 4.78 is 32.5. The molecule has 1 atom stereocenters. The number of rotatable bonds is 7. The van der Waals surface area contributed by atoms with Crippen LogP contribution in [-0.4, -0.2) is 23.0 Å². The molecule has 7 aromatic rings. The van der Waals surface area contributed by atoms with E-state index in [4.69, 9.17) is 13.5 Å². The molecule has 4 heterocycles. The quantitative estimate of drug-likeness (QED) is 0.118. The van der Waals surface area contributed by atoms with Crippen LogP contribution in [-0.2, 0) is 26.5 Å². The molecule has 0 saturated heterocycles. The van der Waals surface area contributed by atoms with Gasteiger partial charge in [0.2, 0.25) is 5.71 Å². The smallest absolute Gasteiger partial charge is 0.216 e. The first kappa shape index (κ1) is 34.8. The van der Waals surface area contributed by atoms with Crippen LogP contribution in [0.1, 0.15) is 62.7 Å². The van der Waals surface area contributed by atoms with Gasteiger partial charge in [0.25, 0.3) is 0 Å². The zero-order chi connectivity index (χ0) is 39.1. The van der Waals surface area contributed by atoms with E-state index in [1.165, 1.54) is 0 Å². The summed E-state index contributed by atoms with van der Waals surface area (Å²) in [7, 11) is -1.70. The summed E-state index contributed by atoms with van der Waals surface area (Å²) in [6, 6.07) is 38.1. The zero-order valence-corrected chi connectivity index (χ0v) is 34.9. The molecule has 0 aliphatic heterocycles. The number of furan rings is 1. The van der Waals surface area contributed by atoms with Gasteiger partial charge in [-0.2, -0.15) is 0 Å². The molecule has 0 aliphatic carbocycles. The summed E-state index contributed by atoms with van der Waals surface area (Å²) in [6.07, 6.45) is 2.23. The molecule has 0 amide bonds. The predicted octanol–water partition coefficient (Wildman–Crippen LogP) is 11.9. The number of hydrogen-bond donors (Lipinski definition) is 0. The van der Waals surface area contributed by atoms with Crippen molar-refractivity contribution in [2.75, 3.05) is 0 Å². The molecule has 4 aromatic heterocycles. The van der Waals surface area contributed by atoms with E-state index in [1.807, 2.05) is 125 Å². The van der Waals surface area contributed by atoms with Crippen molar-refractivity contribution < 1.29 is 28.6 Å². The van der Waals surface area contributed by atoms with Gasteiger partial charge in [-0.3, -0.25) is 0 Å². The fraction of sp³-hybridized carbons (Fsp3) is 0.283. The first-order valence-corrected chi connectivity index (χ1v) is 21.1. The standard InChI is InChI=1S/C27H23N2O.C19H26NSi.Ir/c1-17(2)18(3)20-14-15-28-25(16-20)23-11-7-10-21-22-12-13-24(19-8-5-4-6-9-19)29-27(22)30-26(21)23;1-19(2,3)13-16-12-17(15-10-8-7-9-11-15)20-14-18(16)21(4,5)6;/h4-10,12-18H,1-3H3;7-10,12,14H,13H2,1-6H3;/q2*-1;/i18D;13D2;. The molecule has 4 nitrogen and oxygen atoms in total. The van der Waals surface area contributed by atoms with Crippen LogP contribution in [0.5, 0.6) is 0 Å². The molecular formula is C46H49IrN3OSi-2. The van der Waals surface area contributed by atoms with E-state index in [1.54, 1.807) is 6.20 Å². The van der Waals surface area contributed by atoms with Crippen LogP contribution in [0.2, 0.25) is 19.6 Å². The molecule has 0 fully saturated rings. The van der Waals surface area contributed by atoms with E-state index < -0.39 is 25.8 Å². The first-order chi connectivity index (χ1) is 25.4. The summed E-state index contributed by atoms with van der Waals surface area (Å²) in [6.45, 7) is 18.6. The number of hydrogen-bond acceptors (Lipinski definition) is 4. The predicted molar refractivity (Wildman–Crippen MR) is 217 cm³/mol. The van der Waals surface area contributed by atoms with Gasteiger partial charge in [0.1, 0.15) is 0 Å². The molecule has 0 saturated carbocycles. The Kier molecular flexibility index (Phi) is 10.9. The maximum atomic E-state index is 8.77. The Bertz CT molecular complexity index is 2400. The minimum absolute atomic E-state index is 0. The van der Waals surface area contributed by atoms with Gasteiger partial charge in [0.05, 0.1) is 19.4 Å². The third-order valence-corrected chi connectivity index (χ3v) is 10.9. The van der Waals surface area contributed by atoms with E-state index >= 15 is 0 Å². The van der Waals surface area contributed by atoms with E-state index in [0.717, 1.165) is 66.4 Å². The molecule has 0 aliphatic rings. The fourth-order valence-corrected chi connectivity index (χ4v) is 7.38. The molecule has 6 heteroatoms. The second kappa shape index (κ2) is 16.2. The molecule has 0 spiro atoms. The Balaban J connectivity index is 0.000000217. The van der Waals surface area contributed by atoms with E-state index in [9.17, 15) is 0 Å². The molecule has 7 rings (SSSR count). The van der Waals surface area contributed by atoms with Gasteiger partial charge in [-0.1, -0.05) is 126 Å². The maximum Gasteiger partial charge on any atom is 0.216 e. The number of nitrogens with zero attached hydrogens (tertiary/aromatic N) is 3. The van der Waals surface area contributed by atoms with Gasteiger partial charge in [0.15, 0.2) is 0 Å². The minimum Gasteiger partial charge on any atom is -0.486 e.